The minimum absolute atomic E-state index is 0.0240. The SMILES string of the molecule is O=C(COc1ccc(Cl)cc1)NNC(=O)CSc1n[nH]c(-c2ccc(Cl)cc2)n1. The summed E-state index contributed by atoms with van der Waals surface area (Å²) < 4.78 is 5.28. The number of hydrazine groups is 1. The van der Waals surface area contributed by atoms with E-state index in [1.54, 1.807) is 36.4 Å². The number of carbonyl (C=O) groups is 2. The van der Waals surface area contributed by atoms with Gasteiger partial charge >= 0.3 is 0 Å². The molecule has 0 atom stereocenters. The largest absolute Gasteiger partial charge is 0.484 e. The average Bonchev–Trinajstić information content (AvgIpc) is 3.20. The number of aromatic nitrogens is 3. The molecule has 3 aromatic rings. The maximum Gasteiger partial charge on any atom is 0.276 e. The molecule has 2 amide bonds. The number of hydrogen-bond acceptors (Lipinski definition) is 6. The number of nitrogens with one attached hydrogen (secondary N) is 3. The average molecular weight is 452 g/mol. The Kier molecular flexibility index (Phi) is 7.34. The van der Waals surface area contributed by atoms with Crippen molar-refractivity contribution in [3.8, 4) is 17.1 Å². The third-order valence-electron chi connectivity index (χ3n) is 3.44. The van der Waals surface area contributed by atoms with E-state index in [-0.39, 0.29) is 12.4 Å². The third kappa shape index (κ3) is 6.67. The zero-order chi connectivity index (χ0) is 20.6. The zero-order valence-electron chi connectivity index (χ0n) is 14.8. The Morgan fingerprint density at radius 3 is 2.28 bits per heavy atom. The van der Waals surface area contributed by atoms with E-state index < -0.39 is 11.8 Å². The van der Waals surface area contributed by atoms with Crippen molar-refractivity contribution >= 4 is 46.8 Å². The molecular weight excluding hydrogens is 437 g/mol. The van der Waals surface area contributed by atoms with Crippen LogP contribution in [0, 0.1) is 0 Å². The monoisotopic (exact) mass is 451 g/mol. The number of hydrogen-bond donors (Lipinski definition) is 3. The zero-order valence-corrected chi connectivity index (χ0v) is 17.1. The molecule has 0 saturated heterocycles. The van der Waals surface area contributed by atoms with E-state index in [9.17, 15) is 9.59 Å². The summed E-state index contributed by atoms with van der Waals surface area (Å²) >= 11 is 12.8. The first-order chi connectivity index (χ1) is 14.0. The number of amides is 2. The molecule has 0 fully saturated rings. The van der Waals surface area contributed by atoms with E-state index in [2.05, 4.69) is 26.0 Å². The second-order valence-corrected chi connectivity index (χ2v) is 7.42. The molecule has 0 aliphatic heterocycles. The first-order valence-electron chi connectivity index (χ1n) is 8.27. The number of rotatable bonds is 7. The summed E-state index contributed by atoms with van der Waals surface area (Å²) in [5.41, 5.74) is 5.40. The Morgan fingerprint density at radius 1 is 0.966 bits per heavy atom. The molecule has 11 heteroatoms. The van der Waals surface area contributed by atoms with E-state index in [0.29, 0.717) is 26.8 Å². The molecule has 0 aliphatic carbocycles. The molecule has 3 rings (SSSR count). The Bertz CT molecular complexity index is 980. The third-order valence-corrected chi connectivity index (χ3v) is 4.79. The second kappa shape index (κ2) is 10.1. The first-order valence-corrected chi connectivity index (χ1v) is 10.0. The van der Waals surface area contributed by atoms with Crippen LogP contribution >= 0.6 is 35.0 Å². The molecule has 8 nitrogen and oxygen atoms in total. The number of halogens is 2. The van der Waals surface area contributed by atoms with Crippen molar-refractivity contribution in [1.29, 1.82) is 0 Å². The molecule has 150 valence electrons. The molecule has 0 aliphatic rings. The van der Waals surface area contributed by atoms with Gasteiger partial charge in [-0.05, 0) is 48.5 Å². The van der Waals surface area contributed by atoms with Crippen molar-refractivity contribution in [2.24, 2.45) is 0 Å². The van der Waals surface area contributed by atoms with Crippen molar-refractivity contribution < 1.29 is 14.3 Å². The van der Waals surface area contributed by atoms with Crippen LogP contribution in [0.5, 0.6) is 5.75 Å². The van der Waals surface area contributed by atoms with Crippen molar-refractivity contribution in [2.75, 3.05) is 12.4 Å². The highest BCUT2D eigenvalue weighted by atomic mass is 35.5. The summed E-state index contributed by atoms with van der Waals surface area (Å²) in [6, 6.07) is 13.7. The quantitative estimate of drug-likeness (QED) is 0.376. The molecule has 0 saturated carbocycles. The Hall–Kier alpha value is -2.75. The van der Waals surface area contributed by atoms with Gasteiger partial charge in [-0.2, -0.15) is 0 Å². The maximum atomic E-state index is 11.9. The molecule has 1 heterocycles. The lowest BCUT2D eigenvalue weighted by molar-refractivity contribution is -0.128. The molecule has 0 radical (unpaired) electrons. The van der Waals surface area contributed by atoms with E-state index >= 15 is 0 Å². The predicted molar refractivity (Wildman–Crippen MR) is 111 cm³/mol. The van der Waals surface area contributed by atoms with Crippen LogP contribution in [-0.2, 0) is 9.59 Å². The Morgan fingerprint density at radius 2 is 1.59 bits per heavy atom. The van der Waals surface area contributed by atoms with Gasteiger partial charge in [-0.25, -0.2) is 4.98 Å². The van der Waals surface area contributed by atoms with Crippen molar-refractivity contribution in [1.82, 2.24) is 26.0 Å². The fourth-order valence-electron chi connectivity index (χ4n) is 2.07. The lowest BCUT2D eigenvalue weighted by atomic mass is 10.2. The van der Waals surface area contributed by atoms with E-state index in [4.69, 9.17) is 27.9 Å². The number of aromatic amines is 1. The summed E-state index contributed by atoms with van der Waals surface area (Å²) in [7, 11) is 0. The number of thioether (sulfide) groups is 1. The lowest BCUT2D eigenvalue weighted by Gasteiger charge is -2.08. The van der Waals surface area contributed by atoms with Gasteiger partial charge in [0.1, 0.15) is 5.75 Å². The molecule has 29 heavy (non-hydrogen) atoms. The first kappa shape index (κ1) is 21.0. The molecule has 0 bridgehead atoms. The van der Waals surface area contributed by atoms with Crippen LogP contribution in [0.4, 0.5) is 0 Å². The molecular formula is C18H15Cl2N5O3S. The van der Waals surface area contributed by atoms with Gasteiger partial charge in [0, 0.05) is 15.6 Å². The minimum Gasteiger partial charge on any atom is -0.484 e. The van der Waals surface area contributed by atoms with Gasteiger partial charge in [0.2, 0.25) is 11.1 Å². The molecule has 3 N–H and O–H groups in total. The maximum absolute atomic E-state index is 11.9. The van der Waals surface area contributed by atoms with Crippen LogP contribution in [0.2, 0.25) is 10.0 Å². The molecule has 0 unspecified atom stereocenters. The van der Waals surface area contributed by atoms with Gasteiger partial charge < -0.3 is 4.74 Å². The fraction of sp³-hybridized carbons (Fsp3) is 0.111. The lowest BCUT2D eigenvalue weighted by Crippen LogP contribution is -2.44. The normalized spacial score (nSPS) is 10.4. The summed E-state index contributed by atoms with van der Waals surface area (Å²) in [6.07, 6.45) is 0. The van der Waals surface area contributed by atoms with Crippen LogP contribution in [-0.4, -0.2) is 39.4 Å². The minimum atomic E-state index is -0.499. The Balaban J connectivity index is 1.38. The number of carbonyl (C=O) groups excluding carboxylic acids is 2. The van der Waals surface area contributed by atoms with Crippen LogP contribution in [0.1, 0.15) is 0 Å². The number of benzene rings is 2. The van der Waals surface area contributed by atoms with Gasteiger partial charge in [0.25, 0.3) is 5.91 Å². The number of ether oxygens (including phenoxy) is 1. The summed E-state index contributed by atoms with van der Waals surface area (Å²) in [4.78, 5) is 27.9. The van der Waals surface area contributed by atoms with E-state index in [1.165, 1.54) is 0 Å². The smallest absolute Gasteiger partial charge is 0.276 e. The van der Waals surface area contributed by atoms with Crippen molar-refractivity contribution in [3.63, 3.8) is 0 Å². The highest BCUT2D eigenvalue weighted by Gasteiger charge is 2.10. The van der Waals surface area contributed by atoms with Crippen LogP contribution in [0.15, 0.2) is 53.7 Å². The van der Waals surface area contributed by atoms with Crippen molar-refractivity contribution in [3.05, 3.63) is 58.6 Å². The van der Waals surface area contributed by atoms with E-state index in [0.717, 1.165) is 17.3 Å². The van der Waals surface area contributed by atoms with Crippen LogP contribution in [0.25, 0.3) is 11.4 Å². The van der Waals surface area contributed by atoms with Gasteiger partial charge in [-0.15, -0.1) is 5.10 Å². The second-order valence-electron chi connectivity index (χ2n) is 5.60. The van der Waals surface area contributed by atoms with Gasteiger partial charge in [0.05, 0.1) is 5.75 Å². The topological polar surface area (TPSA) is 109 Å². The standard InChI is InChI=1S/C18H15Cl2N5O3S/c19-12-3-1-11(2-4-12)17-21-18(25-24-17)29-10-16(27)23-22-15(26)9-28-14-7-5-13(20)6-8-14/h1-8H,9-10H2,(H,22,26)(H,23,27)(H,21,24,25). The van der Waals surface area contributed by atoms with Crippen molar-refractivity contribution in [2.45, 2.75) is 5.16 Å². The fourth-order valence-corrected chi connectivity index (χ4v) is 2.92. The van der Waals surface area contributed by atoms with E-state index in [1.807, 2.05) is 12.1 Å². The molecule has 0 spiro atoms. The Labute approximate surface area is 180 Å². The van der Waals surface area contributed by atoms with Crippen LogP contribution in [0.3, 0.4) is 0 Å². The van der Waals surface area contributed by atoms with Gasteiger partial charge in [-0.1, -0.05) is 35.0 Å². The number of nitrogens with zero attached hydrogens (tertiary/aromatic N) is 2. The molecule has 1 aromatic heterocycles. The van der Waals surface area contributed by atoms with Crippen LogP contribution < -0.4 is 15.6 Å². The summed E-state index contributed by atoms with van der Waals surface area (Å²) in [5, 5.41) is 8.45. The molecule has 2 aromatic carbocycles. The van der Waals surface area contributed by atoms with Gasteiger partial charge in [-0.3, -0.25) is 25.5 Å². The number of H-pyrrole nitrogens is 1. The predicted octanol–water partition coefficient (Wildman–Crippen LogP) is 3.10. The van der Waals surface area contributed by atoms with Gasteiger partial charge in [0.15, 0.2) is 12.4 Å². The summed E-state index contributed by atoms with van der Waals surface area (Å²) in [5.74, 6) is 0.176. The summed E-state index contributed by atoms with van der Waals surface area (Å²) in [6.45, 7) is -0.250. The highest BCUT2D eigenvalue weighted by Crippen LogP contribution is 2.20. The highest BCUT2D eigenvalue weighted by molar-refractivity contribution is 7.99.